The molecule has 0 aliphatic rings. The quantitative estimate of drug-likeness (QED) is 0.854. The number of nitrogens with one attached hydrogen (secondary N) is 1. The van der Waals surface area contributed by atoms with Crippen LogP contribution in [0.4, 0.5) is 0 Å². The molecule has 106 valence electrons. The lowest BCUT2D eigenvalue weighted by atomic mass is 10.1. The standard InChI is InChI=1S/C14H17N3O2S/c1-2-10(6-8-18)16-13(19)12-9-20-14(17-12)11-5-3-4-7-15-11/h3-5,7,9-10,18H,2,6,8H2,1H3,(H,16,19). The van der Waals surface area contributed by atoms with Crippen molar-refractivity contribution in [2.24, 2.45) is 0 Å². The van der Waals surface area contributed by atoms with Gasteiger partial charge in [0.05, 0.1) is 5.69 Å². The maximum atomic E-state index is 12.1. The molecular formula is C14H17N3O2S. The predicted molar refractivity (Wildman–Crippen MR) is 78.6 cm³/mol. The number of hydrogen-bond acceptors (Lipinski definition) is 5. The smallest absolute Gasteiger partial charge is 0.270 e. The van der Waals surface area contributed by atoms with Crippen LogP contribution in [0, 0.1) is 0 Å². The van der Waals surface area contributed by atoms with Crippen LogP contribution in [-0.2, 0) is 0 Å². The number of aliphatic hydroxyl groups excluding tert-OH is 1. The summed E-state index contributed by atoms with van der Waals surface area (Å²) in [5, 5.41) is 14.3. The van der Waals surface area contributed by atoms with Gasteiger partial charge in [0.15, 0.2) is 0 Å². The number of hydrogen-bond donors (Lipinski definition) is 2. The van der Waals surface area contributed by atoms with Crippen LogP contribution in [-0.4, -0.2) is 33.6 Å². The van der Waals surface area contributed by atoms with Gasteiger partial charge in [-0.1, -0.05) is 13.0 Å². The van der Waals surface area contributed by atoms with Gasteiger partial charge < -0.3 is 10.4 Å². The fraction of sp³-hybridized carbons (Fsp3) is 0.357. The average molecular weight is 291 g/mol. The molecule has 2 aromatic rings. The Bertz CT molecular complexity index is 557. The van der Waals surface area contributed by atoms with Gasteiger partial charge in [0.2, 0.25) is 0 Å². The van der Waals surface area contributed by atoms with Crippen molar-refractivity contribution in [3.63, 3.8) is 0 Å². The molecule has 2 aromatic heterocycles. The van der Waals surface area contributed by atoms with E-state index in [1.165, 1.54) is 11.3 Å². The van der Waals surface area contributed by atoms with E-state index < -0.39 is 0 Å². The number of aliphatic hydroxyl groups is 1. The van der Waals surface area contributed by atoms with Crippen molar-refractivity contribution in [1.29, 1.82) is 0 Å². The van der Waals surface area contributed by atoms with Crippen molar-refractivity contribution in [2.45, 2.75) is 25.8 Å². The van der Waals surface area contributed by atoms with Gasteiger partial charge in [-0.05, 0) is 25.0 Å². The Labute approximate surface area is 121 Å². The molecule has 0 radical (unpaired) electrons. The van der Waals surface area contributed by atoms with Crippen LogP contribution in [0.25, 0.3) is 10.7 Å². The Hall–Kier alpha value is -1.79. The van der Waals surface area contributed by atoms with Gasteiger partial charge in [0, 0.05) is 24.2 Å². The first-order valence-electron chi connectivity index (χ1n) is 6.53. The highest BCUT2D eigenvalue weighted by atomic mass is 32.1. The van der Waals surface area contributed by atoms with E-state index >= 15 is 0 Å². The van der Waals surface area contributed by atoms with Crippen LogP contribution in [0.5, 0.6) is 0 Å². The Kier molecular flexibility index (Phi) is 5.20. The summed E-state index contributed by atoms with van der Waals surface area (Å²) in [5.74, 6) is -0.205. The van der Waals surface area contributed by atoms with Crippen molar-refractivity contribution in [3.05, 3.63) is 35.5 Å². The summed E-state index contributed by atoms with van der Waals surface area (Å²) in [6.45, 7) is 2.04. The fourth-order valence-corrected chi connectivity index (χ4v) is 2.55. The molecule has 0 aliphatic carbocycles. The third kappa shape index (κ3) is 3.61. The van der Waals surface area contributed by atoms with Crippen LogP contribution in [0.1, 0.15) is 30.3 Å². The van der Waals surface area contributed by atoms with Gasteiger partial charge in [0.25, 0.3) is 5.91 Å². The largest absolute Gasteiger partial charge is 0.396 e. The van der Waals surface area contributed by atoms with Crippen molar-refractivity contribution in [2.75, 3.05) is 6.61 Å². The predicted octanol–water partition coefficient (Wildman–Crippen LogP) is 2.10. The number of carbonyl (C=O) groups is 1. The third-order valence-corrected chi connectivity index (χ3v) is 3.79. The van der Waals surface area contributed by atoms with Crippen molar-refractivity contribution < 1.29 is 9.90 Å². The first-order chi connectivity index (χ1) is 9.74. The minimum Gasteiger partial charge on any atom is -0.396 e. The molecule has 0 saturated carbocycles. The van der Waals surface area contributed by atoms with Gasteiger partial charge in [0.1, 0.15) is 10.7 Å². The van der Waals surface area contributed by atoms with Gasteiger partial charge in [-0.25, -0.2) is 4.98 Å². The second-order valence-electron chi connectivity index (χ2n) is 4.34. The fourth-order valence-electron chi connectivity index (χ4n) is 1.78. The van der Waals surface area contributed by atoms with E-state index in [4.69, 9.17) is 5.11 Å². The third-order valence-electron chi connectivity index (χ3n) is 2.93. The Morgan fingerprint density at radius 2 is 2.35 bits per heavy atom. The Morgan fingerprint density at radius 3 is 3.00 bits per heavy atom. The van der Waals surface area contributed by atoms with Crippen molar-refractivity contribution >= 4 is 17.2 Å². The Balaban J connectivity index is 2.07. The number of thiazole rings is 1. The summed E-state index contributed by atoms with van der Waals surface area (Å²) in [5.41, 5.74) is 1.16. The maximum Gasteiger partial charge on any atom is 0.270 e. The molecular weight excluding hydrogens is 274 g/mol. The molecule has 5 nitrogen and oxygen atoms in total. The molecule has 6 heteroatoms. The minimum atomic E-state index is -0.205. The van der Waals surface area contributed by atoms with E-state index in [1.807, 2.05) is 25.1 Å². The molecule has 1 atom stereocenters. The highest BCUT2D eigenvalue weighted by Gasteiger charge is 2.15. The number of pyridine rings is 1. The van der Waals surface area contributed by atoms with E-state index in [0.717, 1.165) is 17.1 Å². The molecule has 0 aromatic carbocycles. The SMILES string of the molecule is CCC(CCO)NC(=O)c1csc(-c2ccccn2)n1. The number of rotatable bonds is 6. The molecule has 0 spiro atoms. The van der Waals surface area contributed by atoms with Gasteiger partial charge in [-0.2, -0.15) is 0 Å². The second kappa shape index (κ2) is 7.12. The summed E-state index contributed by atoms with van der Waals surface area (Å²) in [6, 6.07) is 5.57. The summed E-state index contributed by atoms with van der Waals surface area (Å²) < 4.78 is 0. The molecule has 2 heterocycles. The van der Waals surface area contributed by atoms with Crippen molar-refractivity contribution in [3.8, 4) is 10.7 Å². The Morgan fingerprint density at radius 1 is 1.50 bits per heavy atom. The highest BCUT2D eigenvalue weighted by molar-refractivity contribution is 7.13. The number of aromatic nitrogens is 2. The van der Waals surface area contributed by atoms with E-state index in [0.29, 0.717) is 12.1 Å². The summed E-state index contributed by atoms with van der Waals surface area (Å²) >= 11 is 1.40. The van der Waals surface area contributed by atoms with Crippen LogP contribution < -0.4 is 5.32 Å². The van der Waals surface area contributed by atoms with E-state index in [-0.39, 0.29) is 18.6 Å². The average Bonchev–Trinajstić information content (AvgIpc) is 2.97. The minimum absolute atomic E-state index is 0.0208. The number of carbonyl (C=O) groups excluding carboxylic acids is 1. The number of nitrogens with zero attached hydrogens (tertiary/aromatic N) is 2. The van der Waals surface area contributed by atoms with E-state index in [9.17, 15) is 4.79 Å². The lowest BCUT2D eigenvalue weighted by Gasteiger charge is -2.14. The topological polar surface area (TPSA) is 75.1 Å². The summed E-state index contributed by atoms with van der Waals surface area (Å²) in [7, 11) is 0. The van der Waals surface area contributed by atoms with Crippen LogP contribution in [0.2, 0.25) is 0 Å². The first-order valence-corrected chi connectivity index (χ1v) is 7.41. The molecule has 0 fully saturated rings. The molecule has 2 N–H and O–H groups in total. The zero-order chi connectivity index (χ0) is 14.4. The van der Waals surface area contributed by atoms with E-state index in [2.05, 4.69) is 15.3 Å². The molecule has 1 amide bonds. The lowest BCUT2D eigenvalue weighted by molar-refractivity contribution is 0.0925. The molecule has 1 unspecified atom stereocenters. The molecule has 20 heavy (non-hydrogen) atoms. The van der Waals surface area contributed by atoms with Crippen LogP contribution in [0.3, 0.4) is 0 Å². The molecule has 0 bridgehead atoms. The zero-order valence-electron chi connectivity index (χ0n) is 11.2. The number of amides is 1. The lowest BCUT2D eigenvalue weighted by Crippen LogP contribution is -2.35. The second-order valence-corrected chi connectivity index (χ2v) is 5.20. The highest BCUT2D eigenvalue weighted by Crippen LogP contribution is 2.21. The van der Waals surface area contributed by atoms with E-state index in [1.54, 1.807) is 11.6 Å². The van der Waals surface area contributed by atoms with Gasteiger partial charge >= 0.3 is 0 Å². The molecule has 0 aliphatic heterocycles. The maximum absolute atomic E-state index is 12.1. The molecule has 2 rings (SSSR count). The normalized spacial score (nSPS) is 12.1. The summed E-state index contributed by atoms with van der Waals surface area (Å²) in [4.78, 5) is 20.6. The van der Waals surface area contributed by atoms with Crippen LogP contribution >= 0.6 is 11.3 Å². The van der Waals surface area contributed by atoms with Gasteiger partial charge in [-0.15, -0.1) is 11.3 Å². The first kappa shape index (κ1) is 14.6. The van der Waals surface area contributed by atoms with Crippen molar-refractivity contribution in [1.82, 2.24) is 15.3 Å². The monoisotopic (exact) mass is 291 g/mol. The summed E-state index contributed by atoms with van der Waals surface area (Å²) in [6.07, 6.45) is 3.04. The van der Waals surface area contributed by atoms with Gasteiger partial charge in [-0.3, -0.25) is 9.78 Å². The van der Waals surface area contributed by atoms with Crippen LogP contribution in [0.15, 0.2) is 29.8 Å². The molecule has 0 saturated heterocycles. The zero-order valence-corrected chi connectivity index (χ0v) is 12.1.